The predicted molar refractivity (Wildman–Crippen MR) is 97.8 cm³/mol. The Kier molecular flexibility index (Phi) is 3.72. The van der Waals surface area contributed by atoms with E-state index in [9.17, 15) is 4.79 Å². The quantitative estimate of drug-likeness (QED) is 0.869. The van der Waals surface area contributed by atoms with Crippen molar-refractivity contribution in [1.29, 1.82) is 0 Å². The number of likely N-dealkylation sites (N-methyl/N-ethyl adjacent to an activating group) is 1. The van der Waals surface area contributed by atoms with E-state index in [4.69, 9.17) is 0 Å². The van der Waals surface area contributed by atoms with Crippen LogP contribution in [0.15, 0.2) is 36.5 Å². The molecule has 0 saturated heterocycles. The van der Waals surface area contributed by atoms with Crippen LogP contribution in [0, 0.1) is 5.92 Å². The van der Waals surface area contributed by atoms with E-state index in [1.54, 1.807) is 0 Å². The summed E-state index contributed by atoms with van der Waals surface area (Å²) in [6, 6.07) is 9.04. The van der Waals surface area contributed by atoms with Crippen LogP contribution in [-0.4, -0.2) is 53.0 Å². The molecule has 0 fully saturated rings. The molecule has 4 heteroatoms. The van der Waals surface area contributed by atoms with E-state index in [1.165, 1.54) is 22.0 Å². The highest BCUT2D eigenvalue weighted by atomic mass is 16.2. The van der Waals surface area contributed by atoms with Gasteiger partial charge < -0.3 is 9.47 Å². The van der Waals surface area contributed by atoms with E-state index in [-0.39, 0.29) is 11.8 Å². The second-order valence-corrected chi connectivity index (χ2v) is 6.91. The van der Waals surface area contributed by atoms with Gasteiger partial charge in [-0.1, -0.05) is 24.3 Å². The summed E-state index contributed by atoms with van der Waals surface area (Å²) in [7, 11) is 2.15. The fraction of sp³-hybridized carbons (Fsp3) is 0.450. The van der Waals surface area contributed by atoms with Gasteiger partial charge in [0.25, 0.3) is 0 Å². The molecular weight excluding hydrogens is 298 g/mol. The van der Waals surface area contributed by atoms with Gasteiger partial charge >= 0.3 is 0 Å². The molecule has 4 rings (SSSR count). The molecule has 0 aliphatic carbocycles. The Bertz CT molecular complexity index is 815. The van der Waals surface area contributed by atoms with Gasteiger partial charge in [-0.2, -0.15) is 0 Å². The van der Waals surface area contributed by atoms with Crippen molar-refractivity contribution in [3.05, 3.63) is 42.1 Å². The molecule has 1 aromatic heterocycles. The zero-order valence-electron chi connectivity index (χ0n) is 14.7. The van der Waals surface area contributed by atoms with Crippen molar-refractivity contribution < 1.29 is 4.79 Å². The lowest BCUT2D eigenvalue weighted by Crippen LogP contribution is -2.48. The second kappa shape index (κ2) is 5.78. The standard InChI is InChI=1S/C20H25N3O/c1-4-22(5-2)20(24)15-11-17-16-8-6-7-14-9-10-23(19(14)16)13-18(17)21(3)12-15/h6-11,15,18H,4-5,12-13H2,1-3H3/t15-,18-/m1/s1. The Morgan fingerprint density at radius 1 is 1.21 bits per heavy atom. The van der Waals surface area contributed by atoms with Crippen molar-refractivity contribution >= 4 is 22.4 Å². The number of carbonyl (C=O) groups excluding carboxylic acids is 1. The molecule has 0 spiro atoms. The zero-order valence-corrected chi connectivity index (χ0v) is 14.7. The van der Waals surface area contributed by atoms with Gasteiger partial charge in [-0.3, -0.25) is 9.69 Å². The number of para-hydroxylation sites is 1. The molecule has 126 valence electrons. The van der Waals surface area contributed by atoms with E-state index < -0.39 is 0 Å². The molecule has 24 heavy (non-hydrogen) atoms. The monoisotopic (exact) mass is 323 g/mol. The van der Waals surface area contributed by atoms with Crippen LogP contribution in [-0.2, 0) is 11.3 Å². The maximum atomic E-state index is 12.9. The molecule has 1 aromatic carbocycles. The van der Waals surface area contributed by atoms with E-state index >= 15 is 0 Å². The van der Waals surface area contributed by atoms with Crippen molar-refractivity contribution in [2.24, 2.45) is 5.92 Å². The minimum Gasteiger partial charge on any atom is -0.345 e. The largest absolute Gasteiger partial charge is 0.345 e. The Morgan fingerprint density at radius 2 is 2.00 bits per heavy atom. The first-order valence-corrected chi connectivity index (χ1v) is 8.93. The van der Waals surface area contributed by atoms with Gasteiger partial charge in [-0.25, -0.2) is 0 Å². The molecule has 0 unspecified atom stereocenters. The molecule has 2 aromatic rings. The van der Waals surface area contributed by atoms with Gasteiger partial charge in [0.1, 0.15) is 0 Å². The first-order valence-electron chi connectivity index (χ1n) is 8.93. The van der Waals surface area contributed by atoms with E-state index in [0.29, 0.717) is 6.04 Å². The zero-order chi connectivity index (χ0) is 16.8. The molecule has 1 amide bonds. The number of hydrogen-bond acceptors (Lipinski definition) is 2. The van der Waals surface area contributed by atoms with Crippen LogP contribution < -0.4 is 0 Å². The van der Waals surface area contributed by atoms with Gasteiger partial charge in [0.05, 0.1) is 17.5 Å². The van der Waals surface area contributed by atoms with Gasteiger partial charge in [0.15, 0.2) is 0 Å². The molecule has 2 aliphatic heterocycles. The van der Waals surface area contributed by atoms with E-state index in [1.807, 2.05) is 4.90 Å². The normalized spacial score (nSPS) is 23.0. The first kappa shape index (κ1) is 15.5. The highest BCUT2D eigenvalue weighted by Crippen LogP contribution is 2.38. The van der Waals surface area contributed by atoms with Crippen LogP contribution >= 0.6 is 0 Å². The predicted octanol–water partition coefficient (Wildman–Crippen LogP) is 2.84. The van der Waals surface area contributed by atoms with Crippen LogP contribution in [0.2, 0.25) is 0 Å². The lowest BCUT2D eigenvalue weighted by atomic mass is 9.85. The van der Waals surface area contributed by atoms with Gasteiger partial charge in [0, 0.05) is 43.3 Å². The third-order valence-corrected chi connectivity index (χ3v) is 5.62. The van der Waals surface area contributed by atoms with Gasteiger partial charge in [-0.15, -0.1) is 0 Å². The summed E-state index contributed by atoms with van der Waals surface area (Å²) < 4.78 is 2.36. The van der Waals surface area contributed by atoms with Crippen LogP contribution in [0.25, 0.3) is 16.5 Å². The summed E-state index contributed by atoms with van der Waals surface area (Å²) in [5.41, 5.74) is 3.92. The molecule has 0 N–H and O–H groups in total. The SMILES string of the molecule is CCN(CC)C(=O)[C@@H]1C=C2c3cccc4ccn(c34)C[C@H]2N(C)C1. The molecule has 0 bridgehead atoms. The van der Waals surface area contributed by atoms with Crippen LogP contribution in [0.5, 0.6) is 0 Å². The number of rotatable bonds is 3. The molecule has 3 heterocycles. The first-order chi connectivity index (χ1) is 11.6. The summed E-state index contributed by atoms with van der Waals surface area (Å²) in [6.07, 6.45) is 4.43. The highest BCUT2D eigenvalue weighted by molar-refractivity contribution is 5.96. The van der Waals surface area contributed by atoms with Crippen molar-refractivity contribution in [2.45, 2.75) is 26.4 Å². The average Bonchev–Trinajstić information content (AvgIpc) is 3.01. The Labute approximate surface area is 143 Å². The highest BCUT2D eigenvalue weighted by Gasteiger charge is 2.36. The van der Waals surface area contributed by atoms with Crippen molar-refractivity contribution in [1.82, 2.24) is 14.4 Å². The number of benzene rings is 1. The van der Waals surface area contributed by atoms with Crippen molar-refractivity contribution in [3.8, 4) is 0 Å². The molecule has 0 radical (unpaired) electrons. The smallest absolute Gasteiger partial charge is 0.230 e. The van der Waals surface area contributed by atoms with Crippen LogP contribution in [0.1, 0.15) is 19.4 Å². The fourth-order valence-corrected chi connectivity index (χ4v) is 4.31. The Morgan fingerprint density at radius 3 is 2.75 bits per heavy atom. The Hall–Kier alpha value is -2.07. The van der Waals surface area contributed by atoms with E-state index in [2.05, 4.69) is 66.9 Å². The number of hydrogen-bond donors (Lipinski definition) is 0. The Balaban J connectivity index is 1.80. The summed E-state index contributed by atoms with van der Waals surface area (Å²) in [4.78, 5) is 17.2. The maximum Gasteiger partial charge on any atom is 0.230 e. The lowest BCUT2D eigenvalue weighted by molar-refractivity contribution is -0.134. The summed E-state index contributed by atoms with van der Waals surface area (Å²) >= 11 is 0. The third kappa shape index (κ3) is 2.20. The molecule has 0 saturated carbocycles. The maximum absolute atomic E-state index is 12.9. The number of carbonyl (C=O) groups is 1. The fourth-order valence-electron chi connectivity index (χ4n) is 4.31. The van der Waals surface area contributed by atoms with Crippen molar-refractivity contribution in [3.63, 3.8) is 0 Å². The topological polar surface area (TPSA) is 28.5 Å². The number of aromatic nitrogens is 1. The number of amides is 1. The molecule has 4 nitrogen and oxygen atoms in total. The summed E-state index contributed by atoms with van der Waals surface area (Å²) in [6.45, 7) is 7.43. The third-order valence-electron chi connectivity index (χ3n) is 5.62. The second-order valence-electron chi connectivity index (χ2n) is 6.91. The molecular formula is C20H25N3O. The number of fused-ring (bicyclic) bond motifs is 2. The van der Waals surface area contributed by atoms with Gasteiger partial charge in [-0.05, 0) is 32.5 Å². The van der Waals surface area contributed by atoms with Crippen molar-refractivity contribution in [2.75, 3.05) is 26.7 Å². The van der Waals surface area contributed by atoms with Crippen LogP contribution in [0.3, 0.4) is 0 Å². The van der Waals surface area contributed by atoms with E-state index in [0.717, 1.165) is 26.2 Å². The van der Waals surface area contributed by atoms with Crippen LogP contribution in [0.4, 0.5) is 0 Å². The lowest BCUT2D eigenvalue weighted by Gasteiger charge is -2.41. The molecule has 2 aliphatic rings. The molecule has 2 atom stereocenters. The summed E-state index contributed by atoms with van der Waals surface area (Å²) in [5.74, 6) is 0.212. The number of nitrogens with zero attached hydrogens (tertiary/aromatic N) is 3. The van der Waals surface area contributed by atoms with Gasteiger partial charge in [0.2, 0.25) is 5.91 Å². The minimum absolute atomic E-state index is 0.0436. The summed E-state index contributed by atoms with van der Waals surface area (Å²) in [5, 5.41) is 1.28. The minimum atomic E-state index is -0.0436. The average molecular weight is 323 g/mol.